The monoisotopic (exact) mass is 438 g/mol. The highest BCUT2D eigenvalue weighted by atomic mass is 35.5. The molecule has 0 bridgehead atoms. The molecule has 3 rings (SSSR count). The van der Waals surface area contributed by atoms with Crippen molar-refractivity contribution in [2.24, 2.45) is 5.73 Å². The van der Waals surface area contributed by atoms with Crippen LogP contribution in [0.25, 0.3) is 0 Å². The maximum atomic E-state index is 13.0. The molecule has 30 heavy (non-hydrogen) atoms. The molecule has 4 nitrogen and oxygen atoms in total. The van der Waals surface area contributed by atoms with Gasteiger partial charge in [-0.25, -0.2) is 0 Å². The Morgan fingerprint density at radius 3 is 2.17 bits per heavy atom. The zero-order valence-corrected chi connectivity index (χ0v) is 18.0. The Hall–Kier alpha value is -2.76. The number of benzene rings is 3. The Balaban J connectivity index is 1.65. The summed E-state index contributed by atoms with van der Waals surface area (Å²) in [6.45, 7) is 0.721. The summed E-state index contributed by atoms with van der Waals surface area (Å²) in [4.78, 5) is 27.1. The van der Waals surface area contributed by atoms with Crippen LogP contribution >= 0.6 is 23.4 Å². The van der Waals surface area contributed by atoms with Gasteiger partial charge in [0.15, 0.2) is 0 Å². The van der Waals surface area contributed by atoms with Gasteiger partial charge >= 0.3 is 0 Å². The van der Waals surface area contributed by atoms with Gasteiger partial charge in [0.25, 0.3) is 5.91 Å². The highest BCUT2D eigenvalue weighted by Crippen LogP contribution is 2.24. The fourth-order valence-electron chi connectivity index (χ4n) is 2.92. The van der Waals surface area contributed by atoms with Crippen molar-refractivity contribution in [1.82, 2.24) is 4.90 Å². The lowest BCUT2D eigenvalue weighted by Crippen LogP contribution is -2.33. The number of halogens is 1. The summed E-state index contributed by atoms with van der Waals surface area (Å²) in [6.07, 6.45) is 0.133. The molecule has 0 fully saturated rings. The second kappa shape index (κ2) is 10.9. The van der Waals surface area contributed by atoms with Gasteiger partial charge in [-0.2, -0.15) is 0 Å². The van der Waals surface area contributed by atoms with Gasteiger partial charge in [-0.15, -0.1) is 11.8 Å². The zero-order chi connectivity index (χ0) is 21.3. The third-order valence-corrected chi connectivity index (χ3v) is 5.89. The van der Waals surface area contributed by atoms with Gasteiger partial charge in [-0.3, -0.25) is 9.59 Å². The fraction of sp³-hybridized carbons (Fsp3) is 0.167. The first-order valence-electron chi connectivity index (χ1n) is 9.60. The molecule has 0 spiro atoms. The quantitative estimate of drug-likeness (QED) is 0.470. The number of hydrogen-bond acceptors (Lipinski definition) is 3. The second-order valence-electron chi connectivity index (χ2n) is 6.87. The topological polar surface area (TPSA) is 63.4 Å². The van der Waals surface area contributed by atoms with Gasteiger partial charge in [-0.1, -0.05) is 54.1 Å². The van der Waals surface area contributed by atoms with Crippen LogP contribution in [0.3, 0.4) is 0 Å². The second-order valence-corrected chi connectivity index (χ2v) is 8.35. The number of primary amides is 1. The predicted molar refractivity (Wildman–Crippen MR) is 122 cm³/mol. The number of amides is 2. The van der Waals surface area contributed by atoms with Crippen LogP contribution < -0.4 is 5.73 Å². The van der Waals surface area contributed by atoms with Crippen molar-refractivity contribution in [1.29, 1.82) is 0 Å². The standard InChI is InChI=1S/C24H23ClN2O2S/c25-21-10-12-22(13-11-21)30-17-19-6-8-20(9-7-19)24(29)27(15-14-23(26)28)16-18-4-2-1-3-5-18/h1-13H,14-17H2,(H2,26,28). The molecular weight excluding hydrogens is 416 g/mol. The number of nitrogens with zero attached hydrogens (tertiary/aromatic N) is 1. The molecule has 0 radical (unpaired) electrons. The van der Waals surface area contributed by atoms with E-state index in [1.165, 1.54) is 0 Å². The summed E-state index contributed by atoms with van der Waals surface area (Å²) in [5, 5.41) is 0.721. The third kappa shape index (κ3) is 6.65. The normalized spacial score (nSPS) is 10.6. The van der Waals surface area contributed by atoms with E-state index in [9.17, 15) is 9.59 Å². The Morgan fingerprint density at radius 1 is 0.867 bits per heavy atom. The average Bonchev–Trinajstić information content (AvgIpc) is 2.77. The van der Waals surface area contributed by atoms with E-state index in [1.807, 2.05) is 78.9 Å². The van der Waals surface area contributed by atoms with Crippen molar-refractivity contribution in [2.45, 2.75) is 23.6 Å². The molecule has 6 heteroatoms. The third-order valence-electron chi connectivity index (χ3n) is 4.55. The molecule has 3 aromatic carbocycles. The van der Waals surface area contributed by atoms with Crippen LogP contribution in [0.15, 0.2) is 83.8 Å². The van der Waals surface area contributed by atoms with Crippen molar-refractivity contribution in [3.63, 3.8) is 0 Å². The molecule has 0 unspecified atom stereocenters. The molecular formula is C24H23ClN2O2S. The molecule has 0 aliphatic rings. The zero-order valence-electron chi connectivity index (χ0n) is 16.5. The number of thioether (sulfide) groups is 1. The SMILES string of the molecule is NC(=O)CCN(Cc1ccccc1)C(=O)c1ccc(CSc2ccc(Cl)cc2)cc1. The van der Waals surface area contributed by atoms with Crippen LogP contribution in [-0.4, -0.2) is 23.3 Å². The lowest BCUT2D eigenvalue weighted by atomic mass is 10.1. The summed E-state index contributed by atoms with van der Waals surface area (Å²) in [5.74, 6) is 0.262. The van der Waals surface area contributed by atoms with Gasteiger partial charge in [0.1, 0.15) is 0 Å². The van der Waals surface area contributed by atoms with Crippen molar-refractivity contribution in [3.8, 4) is 0 Å². The van der Waals surface area contributed by atoms with Crippen LogP contribution in [0.1, 0.15) is 27.9 Å². The van der Waals surface area contributed by atoms with Crippen LogP contribution in [0, 0.1) is 0 Å². The Bertz CT molecular complexity index is 976. The number of carbonyl (C=O) groups is 2. The first-order valence-corrected chi connectivity index (χ1v) is 11.0. The van der Waals surface area contributed by atoms with E-state index >= 15 is 0 Å². The van der Waals surface area contributed by atoms with Crippen LogP contribution in [0.5, 0.6) is 0 Å². The molecule has 154 valence electrons. The van der Waals surface area contributed by atoms with Gasteiger partial charge in [-0.05, 0) is 47.5 Å². The van der Waals surface area contributed by atoms with E-state index in [0.29, 0.717) is 12.1 Å². The molecule has 0 aromatic heterocycles. The van der Waals surface area contributed by atoms with Crippen molar-refractivity contribution >= 4 is 35.2 Å². The number of rotatable bonds is 9. The number of carbonyl (C=O) groups excluding carboxylic acids is 2. The number of hydrogen-bond donors (Lipinski definition) is 1. The summed E-state index contributed by atoms with van der Waals surface area (Å²) in [5.41, 5.74) is 8.02. The molecule has 0 aliphatic carbocycles. The average molecular weight is 439 g/mol. The summed E-state index contributed by atoms with van der Waals surface area (Å²) < 4.78 is 0. The maximum absolute atomic E-state index is 13.0. The van der Waals surface area contributed by atoms with E-state index in [1.54, 1.807) is 16.7 Å². The van der Waals surface area contributed by atoms with E-state index in [4.69, 9.17) is 17.3 Å². The molecule has 0 heterocycles. The molecule has 3 aromatic rings. The smallest absolute Gasteiger partial charge is 0.254 e. The minimum Gasteiger partial charge on any atom is -0.370 e. The van der Waals surface area contributed by atoms with Crippen LogP contribution in [0.4, 0.5) is 0 Å². The van der Waals surface area contributed by atoms with Crippen molar-refractivity contribution < 1.29 is 9.59 Å². The van der Waals surface area contributed by atoms with Crippen molar-refractivity contribution in [2.75, 3.05) is 6.54 Å². The molecule has 0 saturated carbocycles. The molecule has 0 aliphatic heterocycles. The Labute approximate surface area is 186 Å². The first-order chi connectivity index (χ1) is 14.5. The summed E-state index contributed by atoms with van der Waals surface area (Å²) >= 11 is 7.63. The number of nitrogens with two attached hydrogens (primary N) is 1. The summed E-state index contributed by atoms with van der Waals surface area (Å²) in [6, 6.07) is 25.0. The lowest BCUT2D eigenvalue weighted by Gasteiger charge is -2.22. The van der Waals surface area contributed by atoms with E-state index < -0.39 is 5.91 Å². The first kappa shape index (κ1) is 21.9. The van der Waals surface area contributed by atoms with Gasteiger partial charge in [0.2, 0.25) is 5.91 Å². The largest absolute Gasteiger partial charge is 0.370 e. The molecule has 0 atom stereocenters. The predicted octanol–water partition coefficient (Wildman–Crippen LogP) is 5.15. The molecule has 2 N–H and O–H groups in total. The molecule has 2 amide bonds. The van der Waals surface area contributed by atoms with Crippen molar-refractivity contribution in [3.05, 3.63) is 101 Å². The van der Waals surface area contributed by atoms with E-state index in [0.717, 1.165) is 26.8 Å². The maximum Gasteiger partial charge on any atom is 0.254 e. The van der Waals surface area contributed by atoms with Crippen LogP contribution in [0.2, 0.25) is 5.02 Å². The van der Waals surface area contributed by atoms with E-state index in [-0.39, 0.29) is 18.9 Å². The van der Waals surface area contributed by atoms with Crippen LogP contribution in [-0.2, 0) is 17.1 Å². The summed E-state index contributed by atoms with van der Waals surface area (Å²) in [7, 11) is 0. The van der Waals surface area contributed by atoms with Gasteiger partial charge in [0, 0.05) is 40.7 Å². The van der Waals surface area contributed by atoms with Gasteiger partial charge < -0.3 is 10.6 Å². The fourth-order valence-corrected chi connectivity index (χ4v) is 3.91. The molecule has 0 saturated heterocycles. The highest BCUT2D eigenvalue weighted by molar-refractivity contribution is 7.98. The van der Waals surface area contributed by atoms with E-state index in [2.05, 4.69) is 0 Å². The lowest BCUT2D eigenvalue weighted by molar-refractivity contribution is -0.118. The van der Waals surface area contributed by atoms with Gasteiger partial charge in [0.05, 0.1) is 0 Å². The Morgan fingerprint density at radius 2 is 1.53 bits per heavy atom. The highest BCUT2D eigenvalue weighted by Gasteiger charge is 2.17. The minimum atomic E-state index is -0.421. The Kier molecular flexibility index (Phi) is 7.94. The minimum absolute atomic E-state index is 0.114.